The third kappa shape index (κ3) is 4.73. The minimum atomic E-state index is 0.549. The van der Waals surface area contributed by atoms with Crippen molar-refractivity contribution in [3.8, 4) is 0 Å². The molecule has 0 saturated heterocycles. The van der Waals surface area contributed by atoms with E-state index in [0.717, 1.165) is 13.1 Å². The van der Waals surface area contributed by atoms with Gasteiger partial charge in [-0.2, -0.15) is 0 Å². The minimum absolute atomic E-state index is 0.549. The molecule has 2 heterocycles. The maximum absolute atomic E-state index is 2.29. The van der Waals surface area contributed by atoms with Crippen LogP contribution in [-0.2, 0) is 13.1 Å². The van der Waals surface area contributed by atoms with Gasteiger partial charge >= 0.3 is 0 Å². The molecule has 2 rings (SSSR count). The van der Waals surface area contributed by atoms with Gasteiger partial charge in [-0.1, -0.05) is 0 Å². The van der Waals surface area contributed by atoms with Crippen molar-refractivity contribution in [2.24, 2.45) is 0 Å². The second kappa shape index (κ2) is 7.43. The van der Waals surface area contributed by atoms with Crippen LogP contribution < -0.4 is 9.13 Å². The molecule has 0 aliphatic rings. The number of unbranched alkanes of at least 4 members (excludes halogenated alkanes) is 2. The molecule has 0 bridgehead atoms. The average molecular weight is 290 g/mol. The van der Waals surface area contributed by atoms with Crippen LogP contribution in [0.1, 0.15) is 59.0 Å². The Labute approximate surface area is 128 Å². The van der Waals surface area contributed by atoms with Crippen LogP contribution in [0, 0.1) is 0 Å². The van der Waals surface area contributed by atoms with Gasteiger partial charge in [-0.05, 0) is 47.0 Å². The van der Waals surface area contributed by atoms with Crippen LogP contribution in [0.3, 0.4) is 0 Å². The third-order valence-corrected chi connectivity index (χ3v) is 3.95. The number of hydrogen-bond donors (Lipinski definition) is 0. The number of rotatable bonds is 8. The molecule has 4 nitrogen and oxygen atoms in total. The quantitative estimate of drug-likeness (QED) is 0.525. The fraction of sp³-hybridized carbons (Fsp3) is 0.647. The van der Waals surface area contributed by atoms with Gasteiger partial charge in [0.1, 0.15) is 24.8 Å². The maximum Gasteiger partial charge on any atom is 0.243 e. The fourth-order valence-electron chi connectivity index (χ4n) is 2.46. The lowest BCUT2D eigenvalue weighted by molar-refractivity contribution is -0.700. The summed E-state index contributed by atoms with van der Waals surface area (Å²) in [5, 5.41) is 0. The molecule has 116 valence electrons. The van der Waals surface area contributed by atoms with Gasteiger partial charge in [-0.3, -0.25) is 0 Å². The van der Waals surface area contributed by atoms with E-state index in [1.807, 2.05) is 0 Å². The number of nitrogens with zero attached hydrogens (tertiary/aromatic N) is 4. The topological polar surface area (TPSA) is 17.6 Å². The highest BCUT2D eigenvalue weighted by molar-refractivity contribution is 4.70. The molecule has 0 aromatic carbocycles. The SMILES string of the molecule is CC(C)n1cc[n+](CCCCC[n+]2ccn(C(C)C)c2)c1. The second-order valence-corrected chi connectivity index (χ2v) is 6.45. The van der Waals surface area contributed by atoms with E-state index in [2.05, 4.69) is 83.4 Å². The van der Waals surface area contributed by atoms with E-state index in [0.29, 0.717) is 12.1 Å². The maximum atomic E-state index is 2.29. The number of aromatic nitrogens is 4. The van der Waals surface area contributed by atoms with Gasteiger partial charge in [-0.25, -0.2) is 18.3 Å². The van der Waals surface area contributed by atoms with Crippen LogP contribution in [-0.4, -0.2) is 9.13 Å². The Kier molecular flexibility index (Phi) is 5.59. The molecule has 0 saturated carbocycles. The van der Waals surface area contributed by atoms with Crippen LogP contribution >= 0.6 is 0 Å². The molecule has 0 aliphatic carbocycles. The molecular formula is C17H30N4+2. The van der Waals surface area contributed by atoms with Crippen LogP contribution in [0.25, 0.3) is 0 Å². The smallest absolute Gasteiger partial charge is 0.237 e. The van der Waals surface area contributed by atoms with E-state index in [9.17, 15) is 0 Å². The summed E-state index contributed by atoms with van der Waals surface area (Å²) in [6, 6.07) is 1.10. The predicted octanol–water partition coefficient (Wildman–Crippen LogP) is 2.90. The van der Waals surface area contributed by atoms with Crippen molar-refractivity contribution in [1.82, 2.24) is 9.13 Å². The first kappa shape index (κ1) is 15.8. The highest BCUT2D eigenvalue weighted by Crippen LogP contribution is 2.02. The lowest BCUT2D eigenvalue weighted by Crippen LogP contribution is -2.32. The van der Waals surface area contributed by atoms with Crippen molar-refractivity contribution in [1.29, 1.82) is 0 Å². The highest BCUT2D eigenvalue weighted by Gasteiger charge is 2.08. The number of hydrogen-bond acceptors (Lipinski definition) is 0. The van der Waals surface area contributed by atoms with Crippen molar-refractivity contribution in [2.75, 3.05) is 0 Å². The molecule has 4 heteroatoms. The lowest BCUT2D eigenvalue weighted by atomic mass is 10.2. The average Bonchev–Trinajstić information content (AvgIpc) is 3.06. The van der Waals surface area contributed by atoms with Gasteiger partial charge in [-0.15, -0.1) is 0 Å². The zero-order valence-electron chi connectivity index (χ0n) is 13.9. The summed E-state index contributed by atoms with van der Waals surface area (Å²) in [7, 11) is 0. The minimum Gasteiger partial charge on any atom is -0.237 e. The van der Waals surface area contributed by atoms with E-state index in [1.165, 1.54) is 19.3 Å². The van der Waals surface area contributed by atoms with Gasteiger partial charge in [0.05, 0.1) is 25.2 Å². The predicted molar refractivity (Wildman–Crippen MR) is 83.9 cm³/mol. The lowest BCUT2D eigenvalue weighted by Gasteiger charge is -2.00. The summed E-state index contributed by atoms with van der Waals surface area (Å²) < 4.78 is 9.10. The van der Waals surface area contributed by atoms with Gasteiger partial charge in [0.25, 0.3) is 0 Å². The van der Waals surface area contributed by atoms with E-state index >= 15 is 0 Å². The molecule has 0 fully saturated rings. The number of imidazole rings is 2. The van der Waals surface area contributed by atoms with Crippen LogP contribution in [0.5, 0.6) is 0 Å². The molecule has 0 N–H and O–H groups in total. The van der Waals surface area contributed by atoms with Crippen molar-refractivity contribution in [2.45, 2.75) is 72.1 Å². The summed E-state index contributed by atoms with van der Waals surface area (Å²) in [4.78, 5) is 0. The van der Waals surface area contributed by atoms with Crippen LogP contribution in [0.4, 0.5) is 0 Å². The Morgan fingerprint density at radius 2 is 1.14 bits per heavy atom. The van der Waals surface area contributed by atoms with Crippen LogP contribution in [0.15, 0.2) is 37.4 Å². The Bertz CT molecular complexity index is 488. The summed E-state index contributed by atoms with van der Waals surface area (Å²) in [6.07, 6.45) is 16.9. The molecule has 0 amide bonds. The molecule has 0 radical (unpaired) electrons. The van der Waals surface area contributed by atoms with E-state index in [1.54, 1.807) is 0 Å². The monoisotopic (exact) mass is 290 g/mol. The molecule has 2 aromatic heterocycles. The Morgan fingerprint density at radius 1 is 0.714 bits per heavy atom. The number of aryl methyl sites for hydroxylation is 2. The van der Waals surface area contributed by atoms with E-state index in [4.69, 9.17) is 0 Å². The molecule has 21 heavy (non-hydrogen) atoms. The normalized spacial score (nSPS) is 11.7. The van der Waals surface area contributed by atoms with Crippen molar-refractivity contribution in [3.05, 3.63) is 37.4 Å². The summed E-state index contributed by atoms with van der Waals surface area (Å²) in [5.41, 5.74) is 0. The highest BCUT2D eigenvalue weighted by atomic mass is 15.1. The summed E-state index contributed by atoms with van der Waals surface area (Å²) in [5.74, 6) is 0. The van der Waals surface area contributed by atoms with E-state index < -0.39 is 0 Å². The third-order valence-electron chi connectivity index (χ3n) is 3.95. The molecular weight excluding hydrogens is 260 g/mol. The van der Waals surface area contributed by atoms with Crippen molar-refractivity contribution in [3.63, 3.8) is 0 Å². The Morgan fingerprint density at radius 3 is 1.48 bits per heavy atom. The fourth-order valence-corrected chi connectivity index (χ4v) is 2.46. The first-order chi connectivity index (χ1) is 10.1. The molecule has 0 aliphatic heterocycles. The van der Waals surface area contributed by atoms with Crippen molar-refractivity contribution >= 4 is 0 Å². The zero-order valence-corrected chi connectivity index (χ0v) is 13.9. The van der Waals surface area contributed by atoms with Gasteiger partial charge in [0.15, 0.2) is 0 Å². The van der Waals surface area contributed by atoms with Crippen LogP contribution in [0.2, 0.25) is 0 Å². The standard InChI is InChI=1S/C17H30N4/c1-16(2)20-12-10-18(14-20)8-6-5-7-9-19-11-13-21(15-19)17(3)4/h10-17H,5-9H2,1-4H3/q+2. The Hall–Kier alpha value is -1.58. The first-order valence-corrected chi connectivity index (χ1v) is 8.19. The molecule has 2 aromatic rings. The van der Waals surface area contributed by atoms with E-state index in [-0.39, 0.29) is 0 Å². The molecule has 0 unspecified atom stereocenters. The summed E-state index contributed by atoms with van der Waals surface area (Å²) in [6.45, 7) is 11.1. The van der Waals surface area contributed by atoms with Gasteiger partial charge in [0.2, 0.25) is 12.7 Å². The van der Waals surface area contributed by atoms with Gasteiger partial charge in [0, 0.05) is 0 Å². The molecule has 0 atom stereocenters. The second-order valence-electron chi connectivity index (χ2n) is 6.45. The zero-order chi connectivity index (χ0) is 15.2. The Balaban J connectivity index is 1.65. The largest absolute Gasteiger partial charge is 0.243 e. The molecule has 0 spiro atoms. The van der Waals surface area contributed by atoms with Gasteiger partial charge < -0.3 is 0 Å². The summed E-state index contributed by atoms with van der Waals surface area (Å²) >= 11 is 0. The van der Waals surface area contributed by atoms with Crippen molar-refractivity contribution < 1.29 is 9.13 Å². The first-order valence-electron chi connectivity index (χ1n) is 8.19.